The number of carbonyl (C=O) groups excluding carboxylic acids is 1. The van der Waals surface area contributed by atoms with Gasteiger partial charge in [-0.1, -0.05) is 30.3 Å². The van der Waals surface area contributed by atoms with Gasteiger partial charge in [0, 0.05) is 12.5 Å². The predicted molar refractivity (Wildman–Crippen MR) is 99.7 cm³/mol. The molecule has 25 heavy (non-hydrogen) atoms. The number of rotatable bonds is 5. The third-order valence-corrected chi connectivity index (χ3v) is 4.38. The first kappa shape index (κ1) is 19.7. The van der Waals surface area contributed by atoms with Crippen LogP contribution in [0.3, 0.4) is 0 Å². The summed E-state index contributed by atoms with van der Waals surface area (Å²) in [5.41, 5.74) is 0.404. The maximum absolute atomic E-state index is 12.7. The fourth-order valence-corrected chi connectivity index (χ4v) is 3.73. The highest BCUT2D eigenvalue weighted by molar-refractivity contribution is 5.74. The molecule has 5 nitrogen and oxygen atoms in total. The van der Waals surface area contributed by atoms with E-state index in [1.165, 1.54) is 0 Å². The van der Waals surface area contributed by atoms with Crippen LogP contribution in [0.4, 0.5) is 4.79 Å². The lowest BCUT2D eigenvalue weighted by Crippen LogP contribution is -2.60. The predicted octanol–water partition coefficient (Wildman–Crippen LogP) is 3.14. The second-order valence-electron chi connectivity index (χ2n) is 8.36. The molecule has 2 rings (SSSR count). The summed E-state index contributed by atoms with van der Waals surface area (Å²) in [6, 6.07) is 9.95. The molecule has 5 heteroatoms. The Morgan fingerprint density at radius 1 is 1.20 bits per heavy atom. The molecule has 1 saturated heterocycles. The molecule has 0 aliphatic carbocycles. The van der Waals surface area contributed by atoms with Crippen LogP contribution >= 0.6 is 0 Å². The number of hydrogen-bond donors (Lipinski definition) is 2. The minimum absolute atomic E-state index is 0.0732. The Labute approximate surface area is 151 Å². The fraction of sp³-hybridized carbons (Fsp3) is 0.650. The number of aliphatic hydroxyl groups excluding tert-OH is 1. The lowest BCUT2D eigenvalue weighted by molar-refractivity contribution is -0.170. The van der Waals surface area contributed by atoms with Crippen molar-refractivity contribution in [2.45, 2.75) is 64.3 Å². The van der Waals surface area contributed by atoms with Gasteiger partial charge in [-0.25, -0.2) is 4.79 Å². The zero-order chi connectivity index (χ0) is 18.7. The van der Waals surface area contributed by atoms with Gasteiger partial charge >= 0.3 is 6.03 Å². The van der Waals surface area contributed by atoms with Gasteiger partial charge in [0.25, 0.3) is 0 Å². The molecule has 0 spiro atoms. The average molecular weight is 348 g/mol. The number of hydrogen-bond acceptors (Lipinski definition) is 3. The number of carbonyl (C=O) groups is 1. The molecule has 1 aromatic carbocycles. The molecule has 1 heterocycles. The van der Waals surface area contributed by atoms with Gasteiger partial charge < -0.3 is 20.1 Å². The van der Waals surface area contributed by atoms with Crippen LogP contribution in [0.25, 0.3) is 0 Å². The summed E-state index contributed by atoms with van der Waals surface area (Å²) in [5.74, 6) is 0.0900. The SMILES string of the molecule is CC(O)CC(CNC(=O)N1CC(C)(C)OC(C)(C)C1)c1ccccc1. The number of nitrogens with one attached hydrogen (secondary N) is 1. The molecule has 2 N–H and O–H groups in total. The first-order valence-electron chi connectivity index (χ1n) is 9.04. The van der Waals surface area contributed by atoms with Crippen molar-refractivity contribution in [3.8, 4) is 0 Å². The largest absolute Gasteiger partial charge is 0.393 e. The Hall–Kier alpha value is -1.59. The standard InChI is InChI=1S/C20H32N2O3/c1-15(23)11-17(16-9-7-6-8-10-16)12-21-18(24)22-13-19(2,3)25-20(4,5)14-22/h6-10,15,17,23H,11-14H2,1-5H3,(H,21,24). The number of aliphatic hydroxyl groups is 1. The number of urea groups is 1. The van der Waals surface area contributed by atoms with Gasteiger partial charge in [0.15, 0.2) is 0 Å². The summed E-state index contributed by atoms with van der Waals surface area (Å²) >= 11 is 0. The minimum atomic E-state index is -0.414. The molecule has 1 aliphatic heterocycles. The van der Waals surface area contributed by atoms with E-state index in [1.807, 2.05) is 62.9 Å². The third kappa shape index (κ3) is 6.01. The van der Waals surface area contributed by atoms with Crippen LogP contribution in [0.2, 0.25) is 0 Å². The number of nitrogens with zero attached hydrogens (tertiary/aromatic N) is 1. The van der Waals surface area contributed by atoms with Crippen LogP contribution in [0.1, 0.15) is 52.5 Å². The van der Waals surface area contributed by atoms with E-state index in [-0.39, 0.29) is 23.2 Å². The quantitative estimate of drug-likeness (QED) is 0.859. The molecule has 140 valence electrons. The van der Waals surface area contributed by atoms with E-state index >= 15 is 0 Å². The molecule has 1 fully saturated rings. The summed E-state index contributed by atoms with van der Waals surface area (Å²) in [6.45, 7) is 11.5. The molecule has 2 atom stereocenters. The second kappa shape index (κ2) is 7.75. The molecule has 1 aliphatic rings. The first-order chi connectivity index (χ1) is 11.6. The highest BCUT2D eigenvalue weighted by Gasteiger charge is 2.40. The highest BCUT2D eigenvalue weighted by atomic mass is 16.5. The van der Waals surface area contributed by atoms with Crippen molar-refractivity contribution in [3.05, 3.63) is 35.9 Å². The maximum Gasteiger partial charge on any atom is 0.317 e. The van der Waals surface area contributed by atoms with Crippen molar-refractivity contribution >= 4 is 6.03 Å². The highest BCUT2D eigenvalue weighted by Crippen LogP contribution is 2.28. The molecular formula is C20H32N2O3. The summed E-state index contributed by atoms with van der Waals surface area (Å²) in [7, 11) is 0. The first-order valence-corrected chi connectivity index (χ1v) is 9.04. The zero-order valence-corrected chi connectivity index (χ0v) is 16.1. The number of morpholine rings is 1. The smallest absolute Gasteiger partial charge is 0.317 e. The molecule has 1 aromatic rings. The average Bonchev–Trinajstić information content (AvgIpc) is 2.48. The molecule has 2 unspecified atom stereocenters. The minimum Gasteiger partial charge on any atom is -0.393 e. The lowest BCUT2D eigenvalue weighted by atomic mass is 9.93. The van der Waals surface area contributed by atoms with Crippen LogP contribution in [0.15, 0.2) is 30.3 Å². The second-order valence-corrected chi connectivity index (χ2v) is 8.36. The van der Waals surface area contributed by atoms with Gasteiger partial charge in [0.1, 0.15) is 0 Å². The molecule has 0 bridgehead atoms. The summed E-state index contributed by atoms with van der Waals surface area (Å²) in [4.78, 5) is 14.5. The Kier molecular flexibility index (Phi) is 6.12. The van der Waals surface area contributed by atoms with Gasteiger partial charge in [0.05, 0.1) is 30.4 Å². The normalized spacial score (nSPS) is 21.4. The number of ether oxygens (including phenoxy) is 1. The number of amides is 2. The summed E-state index contributed by atoms with van der Waals surface area (Å²) < 4.78 is 6.03. The van der Waals surface area contributed by atoms with Crippen molar-refractivity contribution in [3.63, 3.8) is 0 Å². The lowest BCUT2D eigenvalue weighted by Gasteiger charge is -2.47. The molecule has 0 saturated carbocycles. The van der Waals surface area contributed by atoms with Gasteiger partial charge in [0.2, 0.25) is 0 Å². The van der Waals surface area contributed by atoms with Crippen LogP contribution < -0.4 is 5.32 Å². The van der Waals surface area contributed by atoms with Crippen molar-refractivity contribution in [1.29, 1.82) is 0 Å². The van der Waals surface area contributed by atoms with Crippen LogP contribution in [-0.4, -0.2) is 53.0 Å². The van der Waals surface area contributed by atoms with Crippen molar-refractivity contribution in [2.75, 3.05) is 19.6 Å². The monoisotopic (exact) mass is 348 g/mol. The van der Waals surface area contributed by atoms with E-state index in [2.05, 4.69) is 5.32 Å². The Bertz CT molecular complexity index is 554. The van der Waals surface area contributed by atoms with Gasteiger partial charge in [-0.3, -0.25) is 0 Å². The van der Waals surface area contributed by atoms with E-state index < -0.39 is 6.10 Å². The van der Waals surface area contributed by atoms with Gasteiger partial charge in [-0.2, -0.15) is 0 Å². The van der Waals surface area contributed by atoms with E-state index in [9.17, 15) is 9.90 Å². The van der Waals surface area contributed by atoms with E-state index in [1.54, 1.807) is 6.92 Å². The Morgan fingerprint density at radius 2 is 1.76 bits per heavy atom. The summed E-state index contributed by atoms with van der Waals surface area (Å²) in [6.07, 6.45) is 0.202. The van der Waals surface area contributed by atoms with Gasteiger partial charge in [-0.15, -0.1) is 0 Å². The van der Waals surface area contributed by atoms with Crippen molar-refractivity contribution in [2.24, 2.45) is 0 Å². The van der Waals surface area contributed by atoms with E-state index in [0.717, 1.165) is 5.56 Å². The van der Waals surface area contributed by atoms with E-state index in [4.69, 9.17) is 4.74 Å². The van der Waals surface area contributed by atoms with Crippen molar-refractivity contribution < 1.29 is 14.6 Å². The van der Waals surface area contributed by atoms with E-state index in [0.29, 0.717) is 26.1 Å². The molecule has 2 amide bonds. The Morgan fingerprint density at radius 3 is 2.28 bits per heavy atom. The summed E-state index contributed by atoms with van der Waals surface area (Å²) in [5, 5.41) is 12.8. The van der Waals surface area contributed by atoms with Crippen LogP contribution in [0.5, 0.6) is 0 Å². The molecule has 0 radical (unpaired) electrons. The van der Waals surface area contributed by atoms with Gasteiger partial charge in [-0.05, 0) is 46.6 Å². The molecular weight excluding hydrogens is 316 g/mol. The van der Waals surface area contributed by atoms with Crippen LogP contribution in [-0.2, 0) is 4.74 Å². The van der Waals surface area contributed by atoms with Crippen LogP contribution in [0, 0.1) is 0 Å². The number of benzene rings is 1. The topological polar surface area (TPSA) is 61.8 Å². The Balaban J connectivity index is 2.01. The third-order valence-electron chi connectivity index (χ3n) is 4.38. The maximum atomic E-state index is 12.7. The van der Waals surface area contributed by atoms with Crippen molar-refractivity contribution in [1.82, 2.24) is 10.2 Å². The fourth-order valence-electron chi connectivity index (χ4n) is 3.73. The zero-order valence-electron chi connectivity index (χ0n) is 16.1. The molecule has 0 aromatic heterocycles.